The van der Waals surface area contributed by atoms with E-state index in [4.69, 9.17) is 27.9 Å². The van der Waals surface area contributed by atoms with E-state index in [-0.39, 0.29) is 11.5 Å². The second-order valence-electron chi connectivity index (χ2n) is 6.17. The summed E-state index contributed by atoms with van der Waals surface area (Å²) in [5.74, 6) is 0. The van der Waals surface area contributed by atoms with Gasteiger partial charge in [-0.15, -0.1) is 0 Å². The van der Waals surface area contributed by atoms with Gasteiger partial charge in [-0.05, 0) is 31.5 Å². The van der Waals surface area contributed by atoms with E-state index >= 15 is 0 Å². The van der Waals surface area contributed by atoms with Gasteiger partial charge in [0.1, 0.15) is 0 Å². The van der Waals surface area contributed by atoms with E-state index in [2.05, 4.69) is 9.88 Å². The number of pyridine rings is 1. The quantitative estimate of drug-likeness (QED) is 0.896. The highest BCUT2D eigenvalue weighted by Crippen LogP contribution is 2.29. The number of aromatic nitrogens is 1. The molecule has 1 fully saturated rings. The lowest BCUT2D eigenvalue weighted by Gasteiger charge is -2.33. The van der Waals surface area contributed by atoms with E-state index in [0.29, 0.717) is 23.2 Å². The predicted octanol–water partition coefficient (Wildman–Crippen LogP) is 3.87. The number of H-pyrrole nitrogens is 1. The molecule has 0 radical (unpaired) electrons. The molecule has 24 heavy (non-hydrogen) atoms. The zero-order valence-corrected chi connectivity index (χ0v) is 15.2. The summed E-state index contributed by atoms with van der Waals surface area (Å²) in [7, 11) is 0. The van der Waals surface area contributed by atoms with E-state index in [1.807, 2.05) is 26.0 Å². The van der Waals surface area contributed by atoms with Crippen LogP contribution in [0.3, 0.4) is 0 Å². The van der Waals surface area contributed by atoms with Gasteiger partial charge in [-0.25, -0.2) is 0 Å². The average Bonchev–Trinajstić information content (AvgIpc) is 2.58. The van der Waals surface area contributed by atoms with Crippen molar-refractivity contribution in [3.63, 3.8) is 0 Å². The van der Waals surface area contributed by atoms with Crippen molar-refractivity contribution >= 4 is 23.2 Å². The van der Waals surface area contributed by atoms with Crippen molar-refractivity contribution in [2.75, 3.05) is 19.7 Å². The van der Waals surface area contributed by atoms with Crippen molar-refractivity contribution in [3.8, 4) is 0 Å². The molecule has 1 aliphatic heterocycles. The fourth-order valence-electron chi connectivity index (χ4n) is 2.95. The minimum atomic E-state index is -0.0500. The Morgan fingerprint density at radius 2 is 2.08 bits per heavy atom. The summed E-state index contributed by atoms with van der Waals surface area (Å²) in [5, 5.41) is 1.08. The first-order valence-corrected chi connectivity index (χ1v) is 8.68. The second kappa shape index (κ2) is 7.28. The number of aromatic amines is 1. The lowest BCUT2D eigenvalue weighted by Crippen LogP contribution is -2.38. The van der Waals surface area contributed by atoms with Crippen LogP contribution in [0.1, 0.15) is 28.5 Å². The van der Waals surface area contributed by atoms with Crippen LogP contribution in [0.4, 0.5) is 0 Å². The van der Waals surface area contributed by atoms with Crippen molar-refractivity contribution in [3.05, 3.63) is 67.0 Å². The van der Waals surface area contributed by atoms with Crippen LogP contribution in [0.5, 0.6) is 0 Å². The van der Waals surface area contributed by atoms with Crippen LogP contribution in [0, 0.1) is 13.8 Å². The van der Waals surface area contributed by atoms with Gasteiger partial charge in [-0.1, -0.05) is 29.3 Å². The molecule has 1 aliphatic rings. The Hall–Kier alpha value is -1.33. The highest BCUT2D eigenvalue weighted by atomic mass is 35.5. The third kappa shape index (κ3) is 3.67. The molecule has 0 bridgehead atoms. The largest absolute Gasteiger partial charge is 0.371 e. The van der Waals surface area contributed by atoms with Crippen molar-refractivity contribution in [1.82, 2.24) is 9.88 Å². The van der Waals surface area contributed by atoms with E-state index in [1.54, 1.807) is 12.3 Å². The molecule has 3 rings (SSSR count). The third-order valence-corrected chi connectivity index (χ3v) is 5.20. The molecule has 2 aromatic rings. The molecule has 128 valence electrons. The van der Waals surface area contributed by atoms with Crippen LogP contribution in [0.25, 0.3) is 0 Å². The van der Waals surface area contributed by atoms with Crippen LogP contribution in [-0.2, 0) is 11.3 Å². The molecule has 1 aromatic heterocycles. The highest BCUT2D eigenvalue weighted by molar-refractivity contribution is 6.42. The Balaban J connectivity index is 1.75. The summed E-state index contributed by atoms with van der Waals surface area (Å²) in [4.78, 5) is 17.6. The molecule has 4 nitrogen and oxygen atoms in total. The molecule has 6 heteroatoms. The number of nitrogens with one attached hydrogen (secondary N) is 1. The fraction of sp³-hybridized carbons (Fsp3) is 0.389. The van der Waals surface area contributed by atoms with Crippen LogP contribution >= 0.6 is 23.2 Å². The molecular formula is C18H20Cl2N2O2. The van der Waals surface area contributed by atoms with E-state index in [0.717, 1.165) is 35.5 Å². The third-order valence-electron chi connectivity index (χ3n) is 4.46. The van der Waals surface area contributed by atoms with Crippen molar-refractivity contribution in [2.24, 2.45) is 0 Å². The molecule has 1 atom stereocenters. The molecule has 0 aliphatic carbocycles. The number of rotatable bonds is 3. The van der Waals surface area contributed by atoms with Crippen molar-refractivity contribution < 1.29 is 4.74 Å². The molecule has 1 saturated heterocycles. The topological polar surface area (TPSA) is 45.3 Å². The summed E-state index contributed by atoms with van der Waals surface area (Å²) < 4.78 is 5.88. The zero-order chi connectivity index (χ0) is 17.3. The first-order valence-electron chi connectivity index (χ1n) is 7.92. The van der Waals surface area contributed by atoms with Gasteiger partial charge in [0.05, 0.1) is 22.8 Å². The average molecular weight is 367 g/mol. The molecule has 1 N–H and O–H groups in total. The van der Waals surface area contributed by atoms with Gasteiger partial charge >= 0.3 is 0 Å². The molecule has 1 aromatic carbocycles. The molecule has 0 amide bonds. The van der Waals surface area contributed by atoms with Crippen molar-refractivity contribution in [1.29, 1.82) is 0 Å². The van der Waals surface area contributed by atoms with E-state index in [9.17, 15) is 4.79 Å². The summed E-state index contributed by atoms with van der Waals surface area (Å²) in [6, 6.07) is 5.60. The number of benzene rings is 1. The maximum Gasteiger partial charge on any atom is 0.187 e. The molecule has 2 heterocycles. The summed E-state index contributed by atoms with van der Waals surface area (Å²) in [6.45, 7) is 6.60. The fourth-order valence-corrected chi connectivity index (χ4v) is 3.26. The Kier molecular flexibility index (Phi) is 5.30. The minimum absolute atomic E-state index is 0.0500. The Morgan fingerprint density at radius 1 is 1.29 bits per heavy atom. The van der Waals surface area contributed by atoms with Crippen LogP contribution in [0.15, 0.2) is 29.2 Å². The van der Waals surface area contributed by atoms with Gasteiger partial charge in [-0.2, -0.15) is 0 Å². The van der Waals surface area contributed by atoms with Crippen molar-refractivity contribution in [2.45, 2.75) is 26.5 Å². The Labute approximate surface area is 151 Å². The molecule has 0 saturated carbocycles. The van der Waals surface area contributed by atoms with Crippen LogP contribution < -0.4 is 5.43 Å². The molecular weight excluding hydrogens is 347 g/mol. The number of aryl methyl sites for hydroxylation is 1. The normalized spacial score (nSPS) is 18.8. The molecule has 0 spiro atoms. The first kappa shape index (κ1) is 17.5. The number of ether oxygens (including phenoxy) is 1. The number of morpholine rings is 1. The number of nitrogens with zero attached hydrogens (tertiary/aromatic N) is 1. The van der Waals surface area contributed by atoms with Gasteiger partial charge in [0.2, 0.25) is 0 Å². The summed E-state index contributed by atoms with van der Waals surface area (Å²) in [5.41, 5.74) is 3.61. The maximum absolute atomic E-state index is 12.1. The lowest BCUT2D eigenvalue weighted by atomic mass is 10.1. The van der Waals surface area contributed by atoms with Gasteiger partial charge in [-0.3, -0.25) is 9.69 Å². The monoisotopic (exact) mass is 366 g/mol. The van der Waals surface area contributed by atoms with E-state index < -0.39 is 0 Å². The zero-order valence-electron chi connectivity index (χ0n) is 13.7. The number of hydrogen-bond donors (Lipinski definition) is 1. The standard InChI is InChI=1S/C18H20Cl2N2O2/c1-11-8-21-16(12(2)18(11)23)9-22-5-6-24-17(10-22)13-3-4-14(19)15(20)7-13/h3-4,7-8,17H,5-6,9-10H2,1-2H3,(H,21,23)/t17-/m0/s1. The summed E-state index contributed by atoms with van der Waals surface area (Å²) in [6.07, 6.45) is 1.73. The maximum atomic E-state index is 12.1. The van der Waals surface area contributed by atoms with Crippen LogP contribution in [0.2, 0.25) is 10.0 Å². The Morgan fingerprint density at radius 3 is 2.83 bits per heavy atom. The summed E-state index contributed by atoms with van der Waals surface area (Å²) >= 11 is 12.1. The van der Waals surface area contributed by atoms with Gasteiger partial charge < -0.3 is 9.72 Å². The van der Waals surface area contributed by atoms with Gasteiger partial charge in [0.15, 0.2) is 5.43 Å². The second-order valence-corrected chi connectivity index (χ2v) is 6.99. The molecule has 0 unspecified atom stereocenters. The minimum Gasteiger partial charge on any atom is -0.371 e. The smallest absolute Gasteiger partial charge is 0.187 e. The van der Waals surface area contributed by atoms with Gasteiger partial charge in [0, 0.05) is 42.7 Å². The van der Waals surface area contributed by atoms with Gasteiger partial charge in [0.25, 0.3) is 0 Å². The van der Waals surface area contributed by atoms with Crippen LogP contribution in [-0.4, -0.2) is 29.6 Å². The Bertz CT molecular complexity index is 804. The van der Waals surface area contributed by atoms with E-state index in [1.165, 1.54) is 0 Å². The first-order chi connectivity index (χ1) is 11.5. The SMILES string of the molecule is Cc1c[nH]c(CN2CCO[C@H](c3ccc(Cl)c(Cl)c3)C2)c(C)c1=O. The number of hydrogen-bond acceptors (Lipinski definition) is 3. The number of halogens is 2. The highest BCUT2D eigenvalue weighted by Gasteiger charge is 2.23. The predicted molar refractivity (Wildman–Crippen MR) is 97.0 cm³/mol. The lowest BCUT2D eigenvalue weighted by molar-refractivity contribution is -0.0333.